The Hall–Kier alpha value is -3.30. The molecule has 5 rings (SSSR count). The van der Waals surface area contributed by atoms with E-state index in [4.69, 9.17) is 14.5 Å². The third-order valence-corrected chi connectivity index (χ3v) is 5.65. The van der Waals surface area contributed by atoms with Crippen molar-refractivity contribution in [2.75, 3.05) is 26.9 Å². The Morgan fingerprint density at radius 3 is 2.68 bits per heavy atom. The summed E-state index contributed by atoms with van der Waals surface area (Å²) < 4.78 is 13.5. The molecule has 4 heterocycles. The molecule has 1 fully saturated rings. The molecule has 1 aliphatic heterocycles. The molecule has 0 unspecified atom stereocenters. The highest BCUT2D eigenvalue weighted by Gasteiger charge is 2.32. The molecular weight excluding hydrogens is 396 g/mol. The second kappa shape index (κ2) is 7.75. The van der Waals surface area contributed by atoms with Gasteiger partial charge >= 0.3 is 5.69 Å². The van der Waals surface area contributed by atoms with Crippen LogP contribution in [0.3, 0.4) is 0 Å². The second-order valence-electron chi connectivity index (χ2n) is 8.29. The second-order valence-corrected chi connectivity index (χ2v) is 8.29. The molecule has 0 saturated carbocycles. The van der Waals surface area contributed by atoms with E-state index in [9.17, 15) is 4.79 Å². The van der Waals surface area contributed by atoms with Gasteiger partial charge in [-0.2, -0.15) is 9.61 Å². The summed E-state index contributed by atoms with van der Waals surface area (Å²) in [4.78, 5) is 22.3. The standard InChI is InChI=1S/C22H24N6O3/c1-22(12-31-13-22)11-23-9-16-5-8-18-19-24-14-25-28(19)21(29)27(20(18)26-16)10-15-3-6-17(30-2)7-4-15/h3-8,14,23H,9-13H2,1-2H3. The smallest absolute Gasteiger partial charge is 0.352 e. The lowest BCUT2D eigenvalue weighted by Gasteiger charge is -2.38. The fourth-order valence-corrected chi connectivity index (χ4v) is 3.84. The molecule has 0 bridgehead atoms. The highest BCUT2D eigenvalue weighted by Crippen LogP contribution is 2.25. The number of hydrogen-bond acceptors (Lipinski definition) is 7. The number of benzene rings is 1. The van der Waals surface area contributed by atoms with Crippen LogP contribution in [-0.4, -0.2) is 51.0 Å². The maximum Gasteiger partial charge on any atom is 0.352 e. The summed E-state index contributed by atoms with van der Waals surface area (Å²) in [5, 5.41) is 8.36. The molecule has 3 aromatic heterocycles. The molecular formula is C22H24N6O3. The largest absolute Gasteiger partial charge is 0.497 e. The summed E-state index contributed by atoms with van der Waals surface area (Å²) >= 11 is 0. The van der Waals surface area contributed by atoms with Gasteiger partial charge in [-0.05, 0) is 29.8 Å². The molecule has 1 saturated heterocycles. The lowest BCUT2D eigenvalue weighted by molar-refractivity contribution is -0.0991. The van der Waals surface area contributed by atoms with E-state index in [0.717, 1.165) is 42.2 Å². The molecule has 31 heavy (non-hydrogen) atoms. The number of ether oxygens (including phenoxy) is 2. The van der Waals surface area contributed by atoms with Crippen LogP contribution in [0.15, 0.2) is 47.5 Å². The first-order chi connectivity index (χ1) is 15.1. The summed E-state index contributed by atoms with van der Waals surface area (Å²) in [5.41, 5.74) is 2.85. The van der Waals surface area contributed by atoms with Gasteiger partial charge in [-0.3, -0.25) is 4.57 Å². The molecule has 1 N–H and O–H groups in total. The number of nitrogens with one attached hydrogen (secondary N) is 1. The molecule has 4 aromatic rings. The van der Waals surface area contributed by atoms with Gasteiger partial charge in [0.15, 0.2) is 5.65 Å². The maximum atomic E-state index is 13.2. The van der Waals surface area contributed by atoms with Crippen molar-refractivity contribution in [2.45, 2.75) is 20.0 Å². The Kier molecular flexibility index (Phi) is 4.91. The maximum absolute atomic E-state index is 13.2. The van der Waals surface area contributed by atoms with Crippen LogP contribution >= 0.6 is 0 Å². The van der Waals surface area contributed by atoms with E-state index in [1.54, 1.807) is 11.7 Å². The molecule has 0 aliphatic carbocycles. The zero-order valence-corrected chi connectivity index (χ0v) is 17.5. The van der Waals surface area contributed by atoms with Crippen molar-refractivity contribution in [2.24, 2.45) is 5.41 Å². The van der Waals surface area contributed by atoms with Crippen molar-refractivity contribution >= 4 is 16.7 Å². The molecule has 0 radical (unpaired) electrons. The van der Waals surface area contributed by atoms with Crippen LogP contribution < -0.4 is 15.7 Å². The zero-order valence-electron chi connectivity index (χ0n) is 17.5. The third kappa shape index (κ3) is 3.66. The molecule has 160 valence electrons. The summed E-state index contributed by atoms with van der Waals surface area (Å²) in [6, 6.07) is 11.6. The molecule has 0 spiro atoms. The van der Waals surface area contributed by atoms with E-state index in [2.05, 4.69) is 22.3 Å². The van der Waals surface area contributed by atoms with Crippen LogP contribution in [-0.2, 0) is 17.8 Å². The molecule has 1 aromatic carbocycles. The molecule has 9 heteroatoms. The van der Waals surface area contributed by atoms with Crippen LogP contribution in [0.25, 0.3) is 16.7 Å². The van der Waals surface area contributed by atoms with Crippen molar-refractivity contribution in [3.05, 3.63) is 64.5 Å². The first kappa shape index (κ1) is 19.7. The highest BCUT2D eigenvalue weighted by atomic mass is 16.5. The fourth-order valence-electron chi connectivity index (χ4n) is 3.84. The quantitative estimate of drug-likeness (QED) is 0.485. The predicted molar refractivity (Wildman–Crippen MR) is 115 cm³/mol. The Morgan fingerprint density at radius 2 is 1.97 bits per heavy atom. The molecule has 1 aliphatic rings. The Balaban J connectivity index is 1.52. The lowest BCUT2D eigenvalue weighted by atomic mass is 9.89. The molecule has 0 atom stereocenters. The fraction of sp³-hybridized carbons (Fsp3) is 0.364. The number of fused-ring (bicyclic) bond motifs is 3. The van der Waals surface area contributed by atoms with Gasteiger partial charge < -0.3 is 14.8 Å². The number of pyridine rings is 1. The van der Waals surface area contributed by atoms with E-state index in [0.29, 0.717) is 24.4 Å². The number of hydrogen-bond donors (Lipinski definition) is 1. The van der Waals surface area contributed by atoms with Gasteiger partial charge in [0.2, 0.25) is 0 Å². The SMILES string of the molecule is COc1ccc(Cn2c(=O)n3ncnc3c3ccc(CNCC4(C)COC4)nc32)cc1. The zero-order chi connectivity index (χ0) is 21.4. The molecule has 0 amide bonds. The van der Waals surface area contributed by atoms with Crippen molar-refractivity contribution in [3.63, 3.8) is 0 Å². The van der Waals surface area contributed by atoms with Gasteiger partial charge in [-0.15, -0.1) is 0 Å². The van der Waals surface area contributed by atoms with E-state index in [1.807, 2.05) is 36.4 Å². The Bertz CT molecular complexity index is 1290. The third-order valence-electron chi connectivity index (χ3n) is 5.65. The minimum atomic E-state index is -0.271. The monoisotopic (exact) mass is 420 g/mol. The summed E-state index contributed by atoms with van der Waals surface area (Å²) in [6.07, 6.45) is 1.39. The minimum Gasteiger partial charge on any atom is -0.497 e. The van der Waals surface area contributed by atoms with Crippen molar-refractivity contribution in [3.8, 4) is 5.75 Å². The van der Waals surface area contributed by atoms with E-state index >= 15 is 0 Å². The average Bonchev–Trinajstić information content (AvgIpc) is 3.26. The van der Waals surface area contributed by atoms with Crippen LogP contribution in [0.4, 0.5) is 0 Å². The summed E-state index contributed by atoms with van der Waals surface area (Å²) in [6.45, 7) is 5.59. The summed E-state index contributed by atoms with van der Waals surface area (Å²) in [5.74, 6) is 0.768. The van der Waals surface area contributed by atoms with Gasteiger partial charge in [0.1, 0.15) is 17.7 Å². The first-order valence-corrected chi connectivity index (χ1v) is 10.2. The van der Waals surface area contributed by atoms with Gasteiger partial charge in [-0.25, -0.2) is 14.8 Å². The van der Waals surface area contributed by atoms with Gasteiger partial charge in [0.05, 0.1) is 37.9 Å². The number of nitrogens with zero attached hydrogens (tertiary/aromatic N) is 5. The van der Waals surface area contributed by atoms with Gasteiger partial charge in [-0.1, -0.05) is 19.1 Å². The Labute approximate surface area is 178 Å². The normalized spacial score (nSPS) is 15.3. The first-order valence-electron chi connectivity index (χ1n) is 10.2. The lowest BCUT2D eigenvalue weighted by Crippen LogP contribution is -2.47. The van der Waals surface area contributed by atoms with Crippen LogP contribution in [0, 0.1) is 5.41 Å². The topological polar surface area (TPSA) is 95.6 Å². The minimum absolute atomic E-state index is 0.182. The van der Waals surface area contributed by atoms with Crippen LogP contribution in [0.5, 0.6) is 5.75 Å². The van der Waals surface area contributed by atoms with Gasteiger partial charge in [0.25, 0.3) is 0 Å². The van der Waals surface area contributed by atoms with Crippen molar-refractivity contribution < 1.29 is 9.47 Å². The van der Waals surface area contributed by atoms with Crippen LogP contribution in [0.2, 0.25) is 0 Å². The molecule has 9 nitrogen and oxygen atoms in total. The van der Waals surface area contributed by atoms with E-state index < -0.39 is 0 Å². The number of aromatic nitrogens is 5. The van der Waals surface area contributed by atoms with Crippen molar-refractivity contribution in [1.82, 2.24) is 29.5 Å². The van der Waals surface area contributed by atoms with Crippen molar-refractivity contribution in [1.29, 1.82) is 0 Å². The average molecular weight is 420 g/mol. The Morgan fingerprint density at radius 1 is 1.16 bits per heavy atom. The number of rotatable bonds is 7. The highest BCUT2D eigenvalue weighted by molar-refractivity contribution is 5.88. The van der Waals surface area contributed by atoms with E-state index in [-0.39, 0.29) is 11.1 Å². The van der Waals surface area contributed by atoms with Gasteiger partial charge in [0, 0.05) is 18.5 Å². The summed E-state index contributed by atoms with van der Waals surface area (Å²) in [7, 11) is 1.63. The predicted octanol–water partition coefficient (Wildman–Crippen LogP) is 1.62. The number of methoxy groups -OCH3 is 1. The van der Waals surface area contributed by atoms with Crippen LogP contribution in [0.1, 0.15) is 18.2 Å². The van der Waals surface area contributed by atoms with E-state index in [1.165, 1.54) is 10.8 Å².